The molecule has 156 valence electrons. The molecule has 1 aliphatic heterocycles. The van der Waals surface area contributed by atoms with Crippen LogP contribution in [0.15, 0.2) is 50.9 Å². The molecule has 4 N–H and O–H groups in total. The van der Waals surface area contributed by atoms with Crippen molar-refractivity contribution in [3.63, 3.8) is 0 Å². The Balaban J connectivity index is 1.72. The van der Waals surface area contributed by atoms with Gasteiger partial charge in [-0.05, 0) is 35.5 Å². The van der Waals surface area contributed by atoms with Gasteiger partial charge in [0.25, 0.3) is 5.89 Å². The van der Waals surface area contributed by atoms with Crippen LogP contribution < -0.4 is 11.5 Å². The molecule has 2 heterocycles. The Morgan fingerprint density at radius 2 is 2.20 bits per heavy atom. The van der Waals surface area contributed by atoms with Crippen molar-refractivity contribution in [3.05, 3.63) is 64.0 Å². The number of benzene rings is 1. The Morgan fingerprint density at radius 3 is 2.80 bits per heavy atom. The van der Waals surface area contributed by atoms with E-state index in [0.717, 1.165) is 18.5 Å². The topological polar surface area (TPSA) is 130 Å². The van der Waals surface area contributed by atoms with E-state index in [1.54, 1.807) is 13.1 Å². The third kappa shape index (κ3) is 4.89. The normalized spacial score (nSPS) is 15.2. The first-order valence-electron chi connectivity index (χ1n) is 8.15. The summed E-state index contributed by atoms with van der Waals surface area (Å²) in [4.78, 5) is 0. The van der Waals surface area contributed by atoms with Crippen molar-refractivity contribution < 1.29 is 17.6 Å². The van der Waals surface area contributed by atoms with Crippen LogP contribution in [0.2, 0.25) is 0 Å². The predicted molar refractivity (Wildman–Crippen MR) is 108 cm³/mol. The van der Waals surface area contributed by atoms with E-state index < -0.39 is 11.7 Å². The SMILES string of the molecule is CN1N=C(SCc2ccc(C(F)(F)F)cc2C#N)SC(N)=C1/C=C(\N)c1nnco1. The van der Waals surface area contributed by atoms with Gasteiger partial charge in [-0.2, -0.15) is 23.5 Å². The van der Waals surface area contributed by atoms with E-state index >= 15 is 0 Å². The monoisotopic (exact) mass is 453 g/mol. The molecule has 0 aliphatic carbocycles. The molecule has 0 radical (unpaired) electrons. The second-order valence-electron chi connectivity index (χ2n) is 5.85. The molecule has 0 saturated carbocycles. The summed E-state index contributed by atoms with van der Waals surface area (Å²) in [5, 5.41) is 22.8. The lowest BCUT2D eigenvalue weighted by Crippen LogP contribution is -2.21. The van der Waals surface area contributed by atoms with Crippen LogP contribution >= 0.6 is 23.5 Å². The van der Waals surface area contributed by atoms with Crippen LogP contribution in [-0.4, -0.2) is 26.6 Å². The van der Waals surface area contributed by atoms with E-state index in [1.807, 2.05) is 6.07 Å². The van der Waals surface area contributed by atoms with E-state index in [2.05, 4.69) is 15.3 Å². The summed E-state index contributed by atoms with van der Waals surface area (Å²) < 4.78 is 44.1. The number of hydrogen-bond acceptors (Lipinski definition) is 10. The Kier molecular flexibility index (Phi) is 6.28. The van der Waals surface area contributed by atoms with Crippen LogP contribution in [0.4, 0.5) is 13.2 Å². The lowest BCUT2D eigenvalue weighted by atomic mass is 10.1. The van der Waals surface area contributed by atoms with Crippen LogP contribution in [0, 0.1) is 11.3 Å². The second-order valence-corrected chi connectivity index (χ2v) is 8.11. The third-order valence-electron chi connectivity index (χ3n) is 3.84. The maximum absolute atomic E-state index is 12.8. The van der Waals surface area contributed by atoms with Crippen molar-refractivity contribution in [3.8, 4) is 6.07 Å². The average molecular weight is 453 g/mol. The molecule has 0 atom stereocenters. The molecular weight excluding hydrogens is 439 g/mol. The van der Waals surface area contributed by atoms with E-state index in [0.29, 0.717) is 20.7 Å². The number of rotatable bonds is 4. The summed E-state index contributed by atoms with van der Waals surface area (Å²) in [6, 6.07) is 4.90. The molecule has 13 heteroatoms. The summed E-state index contributed by atoms with van der Waals surface area (Å²) in [6.07, 6.45) is -1.81. The summed E-state index contributed by atoms with van der Waals surface area (Å²) in [7, 11) is 1.67. The first kappa shape index (κ1) is 21.6. The fourth-order valence-electron chi connectivity index (χ4n) is 2.36. The maximum atomic E-state index is 12.8. The Hall–Kier alpha value is -3.11. The van der Waals surface area contributed by atoms with Crippen molar-refractivity contribution in [2.24, 2.45) is 16.6 Å². The van der Waals surface area contributed by atoms with E-state index in [-0.39, 0.29) is 22.9 Å². The van der Waals surface area contributed by atoms with Gasteiger partial charge >= 0.3 is 6.18 Å². The van der Waals surface area contributed by atoms with Crippen molar-refractivity contribution in [1.82, 2.24) is 15.2 Å². The highest BCUT2D eigenvalue weighted by Crippen LogP contribution is 2.35. The highest BCUT2D eigenvalue weighted by atomic mass is 32.2. The summed E-state index contributed by atoms with van der Waals surface area (Å²) in [6.45, 7) is 0. The zero-order valence-corrected chi connectivity index (χ0v) is 17.0. The zero-order valence-electron chi connectivity index (χ0n) is 15.3. The number of nitriles is 1. The maximum Gasteiger partial charge on any atom is 0.416 e. The number of aromatic nitrogens is 2. The summed E-state index contributed by atoms with van der Waals surface area (Å²) in [5.41, 5.74) is 12.3. The Bertz CT molecular complexity index is 1070. The first-order valence-corrected chi connectivity index (χ1v) is 9.96. The van der Waals surface area contributed by atoms with Gasteiger partial charge in [0.05, 0.1) is 33.6 Å². The third-order valence-corrected chi connectivity index (χ3v) is 5.91. The van der Waals surface area contributed by atoms with Gasteiger partial charge in [-0.1, -0.05) is 17.8 Å². The Morgan fingerprint density at radius 1 is 1.43 bits per heavy atom. The molecule has 8 nitrogen and oxygen atoms in total. The van der Waals surface area contributed by atoms with Gasteiger partial charge in [-0.25, -0.2) is 0 Å². The van der Waals surface area contributed by atoms with Gasteiger partial charge in [0, 0.05) is 12.8 Å². The zero-order chi connectivity index (χ0) is 21.9. The molecule has 1 aromatic carbocycles. The molecule has 0 bridgehead atoms. The molecule has 30 heavy (non-hydrogen) atoms. The first-order chi connectivity index (χ1) is 14.2. The molecule has 1 aliphatic rings. The second kappa shape index (κ2) is 8.72. The van der Waals surface area contributed by atoms with Crippen molar-refractivity contribution in [2.75, 3.05) is 7.05 Å². The number of allylic oxidation sites excluding steroid dienone is 1. The van der Waals surface area contributed by atoms with Crippen molar-refractivity contribution in [1.29, 1.82) is 5.26 Å². The lowest BCUT2D eigenvalue weighted by Gasteiger charge is -2.23. The van der Waals surface area contributed by atoms with E-state index in [1.165, 1.54) is 34.6 Å². The smallest absolute Gasteiger partial charge is 0.416 e. The number of alkyl halides is 3. The molecule has 2 aromatic rings. The average Bonchev–Trinajstić information content (AvgIpc) is 3.23. The molecule has 1 aromatic heterocycles. The van der Waals surface area contributed by atoms with Crippen LogP contribution in [0.5, 0.6) is 0 Å². The number of halogens is 3. The largest absolute Gasteiger partial charge is 0.422 e. The standard InChI is InChI=1S/C17H14F3N7OS2/c1-27-13(5-12(22)15-25-24-8-28-15)14(23)30-16(26-27)29-7-9-2-3-11(17(18,19)20)4-10(9)6-21/h2-5,8H,7,22-23H2,1H3/b12-5-. The number of hydrazone groups is 1. The minimum atomic E-state index is -4.50. The van der Waals surface area contributed by atoms with Crippen molar-refractivity contribution in [2.45, 2.75) is 11.9 Å². The fourth-order valence-corrected chi connectivity index (χ4v) is 4.40. The summed E-state index contributed by atoms with van der Waals surface area (Å²) >= 11 is 2.43. The number of likely N-dealkylation sites (N-methyl/N-ethyl adjacent to an activating group) is 1. The molecule has 0 spiro atoms. The van der Waals surface area contributed by atoms with Crippen LogP contribution in [-0.2, 0) is 11.9 Å². The van der Waals surface area contributed by atoms with Gasteiger partial charge in [-0.3, -0.25) is 5.01 Å². The van der Waals surface area contributed by atoms with Gasteiger partial charge in [0.1, 0.15) is 0 Å². The number of thioether (sulfide) groups is 2. The number of nitrogens with zero attached hydrogens (tertiary/aromatic N) is 5. The highest BCUT2D eigenvalue weighted by Gasteiger charge is 2.31. The fraction of sp³-hybridized carbons (Fsp3) is 0.176. The molecule has 3 rings (SSSR count). The summed E-state index contributed by atoms with van der Waals surface area (Å²) in [5.74, 6) is 0.396. The predicted octanol–water partition coefficient (Wildman–Crippen LogP) is 3.27. The van der Waals surface area contributed by atoms with Crippen LogP contribution in [0.1, 0.15) is 22.6 Å². The lowest BCUT2D eigenvalue weighted by molar-refractivity contribution is -0.137. The Labute approximate surface area is 177 Å². The van der Waals surface area contributed by atoms with Crippen molar-refractivity contribution >= 4 is 33.6 Å². The molecule has 0 unspecified atom stereocenters. The van der Waals surface area contributed by atoms with Crippen LogP contribution in [0.25, 0.3) is 5.70 Å². The van der Waals surface area contributed by atoms with E-state index in [4.69, 9.17) is 15.9 Å². The van der Waals surface area contributed by atoms with Gasteiger partial charge in [0.15, 0.2) is 4.38 Å². The molecular formula is C17H14F3N7OS2. The highest BCUT2D eigenvalue weighted by molar-refractivity contribution is 8.40. The molecule has 0 amide bonds. The number of hydrogen-bond donors (Lipinski definition) is 2. The molecule has 0 fully saturated rings. The van der Waals surface area contributed by atoms with Gasteiger partial charge < -0.3 is 15.9 Å². The minimum Gasteiger partial charge on any atom is -0.422 e. The quantitative estimate of drug-likeness (QED) is 0.716. The number of nitrogens with two attached hydrogens (primary N) is 2. The van der Waals surface area contributed by atoms with E-state index in [9.17, 15) is 18.4 Å². The van der Waals surface area contributed by atoms with Gasteiger partial charge in [0.2, 0.25) is 6.39 Å². The van der Waals surface area contributed by atoms with Gasteiger partial charge in [-0.15, -0.1) is 10.2 Å². The van der Waals surface area contributed by atoms with Crippen LogP contribution in [0.3, 0.4) is 0 Å². The molecule has 0 saturated heterocycles. The minimum absolute atomic E-state index is 0.0356.